The first kappa shape index (κ1) is 28.1. The van der Waals surface area contributed by atoms with Crippen LogP contribution >= 0.6 is 0 Å². The number of alkyl halides is 3. The number of benzene rings is 2. The molecule has 0 radical (unpaired) electrons. The van der Waals surface area contributed by atoms with Crippen molar-refractivity contribution in [2.24, 2.45) is 0 Å². The average molecular weight is 538 g/mol. The Bertz CT molecular complexity index is 1450. The third-order valence-electron chi connectivity index (χ3n) is 5.70. The van der Waals surface area contributed by atoms with Crippen LogP contribution in [0.25, 0.3) is 0 Å². The number of hydroxylamine groups is 2. The van der Waals surface area contributed by atoms with Gasteiger partial charge in [0.05, 0.1) is 30.7 Å². The number of nitrogens with zero attached hydrogens (tertiary/aromatic N) is 2. The fourth-order valence-corrected chi connectivity index (χ4v) is 4.22. The van der Waals surface area contributed by atoms with Crippen molar-refractivity contribution in [1.82, 2.24) is 10.0 Å². The number of amides is 1. The molecule has 12 heteroatoms. The molecular weight excluding hydrogens is 511 g/mol. The maximum absolute atomic E-state index is 13.7. The van der Waals surface area contributed by atoms with E-state index in [2.05, 4.69) is 4.98 Å². The first-order chi connectivity index (χ1) is 17.2. The molecule has 1 N–H and O–H groups in total. The molecule has 0 fully saturated rings. The standard InChI is InChI=1S/C25H26F3N3O5S/c1-16-18(15-30(2)36-3)12-22(23(32)29-16)24(33)31(20-7-5-6-19(13-20)25(26,27)28)14-17-8-10-21(11-9-17)37(4,34)35/h5-13H,14-15H2,1-4H3,(H,29,32). The molecule has 1 heterocycles. The summed E-state index contributed by atoms with van der Waals surface area (Å²) in [6, 6.07) is 11.2. The van der Waals surface area contributed by atoms with Gasteiger partial charge < -0.3 is 14.7 Å². The number of carbonyl (C=O) groups is 1. The van der Waals surface area contributed by atoms with Gasteiger partial charge in [-0.15, -0.1) is 0 Å². The molecule has 1 aromatic heterocycles. The largest absolute Gasteiger partial charge is 0.416 e. The van der Waals surface area contributed by atoms with Crippen LogP contribution < -0.4 is 10.5 Å². The number of pyridine rings is 1. The van der Waals surface area contributed by atoms with Crippen molar-refractivity contribution >= 4 is 21.4 Å². The van der Waals surface area contributed by atoms with Gasteiger partial charge in [0.1, 0.15) is 5.56 Å². The van der Waals surface area contributed by atoms with Gasteiger partial charge in [0, 0.05) is 24.7 Å². The van der Waals surface area contributed by atoms with E-state index in [4.69, 9.17) is 4.84 Å². The lowest BCUT2D eigenvalue weighted by molar-refractivity contribution is -0.137. The number of hydrogen-bond donors (Lipinski definition) is 1. The summed E-state index contributed by atoms with van der Waals surface area (Å²) in [5.41, 5.74) is -0.480. The summed E-state index contributed by atoms with van der Waals surface area (Å²) in [6.07, 6.45) is -3.61. The maximum Gasteiger partial charge on any atom is 0.416 e. The van der Waals surface area contributed by atoms with Gasteiger partial charge >= 0.3 is 6.18 Å². The van der Waals surface area contributed by atoms with E-state index < -0.39 is 33.0 Å². The summed E-state index contributed by atoms with van der Waals surface area (Å²) in [5.74, 6) is -0.825. The van der Waals surface area contributed by atoms with Crippen molar-refractivity contribution < 1.29 is 31.2 Å². The van der Waals surface area contributed by atoms with E-state index in [1.807, 2.05) is 0 Å². The first-order valence-electron chi connectivity index (χ1n) is 11.0. The highest BCUT2D eigenvalue weighted by Crippen LogP contribution is 2.32. The van der Waals surface area contributed by atoms with Gasteiger partial charge in [0.2, 0.25) is 0 Å². The van der Waals surface area contributed by atoms with Crippen LogP contribution in [0.4, 0.5) is 18.9 Å². The van der Waals surface area contributed by atoms with Crippen LogP contribution in [0.5, 0.6) is 0 Å². The van der Waals surface area contributed by atoms with Gasteiger partial charge in [0.25, 0.3) is 11.5 Å². The molecule has 0 bridgehead atoms. The van der Waals surface area contributed by atoms with Gasteiger partial charge in [-0.2, -0.15) is 18.2 Å². The van der Waals surface area contributed by atoms with Crippen molar-refractivity contribution in [2.75, 3.05) is 25.3 Å². The molecule has 0 unspecified atom stereocenters. The van der Waals surface area contributed by atoms with Gasteiger partial charge in [0.15, 0.2) is 9.84 Å². The van der Waals surface area contributed by atoms with Gasteiger partial charge in [-0.25, -0.2) is 8.42 Å². The smallest absolute Gasteiger partial charge is 0.325 e. The second-order valence-electron chi connectivity index (χ2n) is 8.49. The van der Waals surface area contributed by atoms with Crippen molar-refractivity contribution in [3.63, 3.8) is 0 Å². The fraction of sp³-hybridized carbons (Fsp3) is 0.280. The van der Waals surface area contributed by atoms with E-state index in [-0.39, 0.29) is 29.2 Å². The number of aryl methyl sites for hydroxylation is 1. The van der Waals surface area contributed by atoms with E-state index in [9.17, 15) is 31.2 Å². The topological polar surface area (TPSA) is 99.8 Å². The number of anilines is 1. The number of nitrogens with one attached hydrogen (secondary N) is 1. The molecule has 8 nitrogen and oxygen atoms in total. The highest BCUT2D eigenvalue weighted by molar-refractivity contribution is 7.90. The Labute approximate surface area is 212 Å². The summed E-state index contributed by atoms with van der Waals surface area (Å²) < 4.78 is 63.8. The van der Waals surface area contributed by atoms with Crippen LogP contribution in [0.15, 0.2) is 64.3 Å². The monoisotopic (exact) mass is 537 g/mol. The molecule has 0 aliphatic heterocycles. The third-order valence-corrected chi connectivity index (χ3v) is 6.83. The minimum absolute atomic E-state index is 0.0510. The lowest BCUT2D eigenvalue weighted by Gasteiger charge is -2.24. The molecule has 198 valence electrons. The Morgan fingerprint density at radius 3 is 2.27 bits per heavy atom. The zero-order valence-corrected chi connectivity index (χ0v) is 21.4. The van der Waals surface area contributed by atoms with Gasteiger partial charge in [-0.1, -0.05) is 18.2 Å². The predicted octanol–water partition coefficient (Wildman–Crippen LogP) is 3.95. The molecule has 0 saturated heterocycles. The number of halogens is 3. The number of H-pyrrole nitrogens is 1. The van der Waals surface area contributed by atoms with E-state index in [1.54, 1.807) is 14.0 Å². The number of hydrogen-bond acceptors (Lipinski definition) is 6. The lowest BCUT2D eigenvalue weighted by Crippen LogP contribution is -2.35. The summed E-state index contributed by atoms with van der Waals surface area (Å²) in [7, 11) is -0.364. The Kier molecular flexibility index (Phi) is 8.25. The molecule has 0 aliphatic carbocycles. The SMILES string of the molecule is CON(C)Cc1cc(C(=O)N(Cc2ccc(S(C)(=O)=O)cc2)c2cccc(C(F)(F)F)c2)c(=O)[nH]c1C. The van der Waals surface area contributed by atoms with Crippen molar-refractivity contribution in [3.05, 3.63) is 92.9 Å². The Morgan fingerprint density at radius 2 is 1.70 bits per heavy atom. The van der Waals surface area contributed by atoms with Crippen LogP contribution in [0.3, 0.4) is 0 Å². The van der Waals surface area contributed by atoms with E-state index in [1.165, 1.54) is 54.6 Å². The second kappa shape index (κ2) is 10.9. The Hall–Kier alpha value is -3.48. The summed E-state index contributed by atoms with van der Waals surface area (Å²) in [4.78, 5) is 35.3. The number of rotatable bonds is 8. The molecule has 0 spiro atoms. The van der Waals surface area contributed by atoms with Crippen LogP contribution in [0, 0.1) is 6.92 Å². The Balaban J connectivity index is 2.11. The molecule has 0 atom stereocenters. The minimum Gasteiger partial charge on any atom is -0.325 e. The summed E-state index contributed by atoms with van der Waals surface area (Å²) >= 11 is 0. The van der Waals surface area contributed by atoms with E-state index >= 15 is 0 Å². The number of carbonyl (C=O) groups excluding carboxylic acids is 1. The first-order valence-corrected chi connectivity index (χ1v) is 12.9. The normalized spacial score (nSPS) is 12.1. The van der Waals surface area contributed by atoms with Crippen molar-refractivity contribution in [3.8, 4) is 0 Å². The molecule has 0 aliphatic rings. The molecule has 3 aromatic rings. The number of aromatic nitrogens is 1. The van der Waals surface area contributed by atoms with Gasteiger partial charge in [-0.05, 0) is 54.4 Å². The zero-order valence-electron chi connectivity index (χ0n) is 20.6. The van der Waals surface area contributed by atoms with Gasteiger partial charge in [-0.3, -0.25) is 9.59 Å². The van der Waals surface area contributed by atoms with Crippen LogP contribution in [0.1, 0.15) is 32.7 Å². The highest BCUT2D eigenvalue weighted by Gasteiger charge is 2.32. The highest BCUT2D eigenvalue weighted by atomic mass is 32.2. The lowest BCUT2D eigenvalue weighted by atomic mass is 10.1. The van der Waals surface area contributed by atoms with E-state index in [0.29, 0.717) is 16.8 Å². The quantitative estimate of drug-likeness (QED) is 0.437. The van der Waals surface area contributed by atoms with Crippen molar-refractivity contribution in [2.45, 2.75) is 31.1 Å². The number of sulfone groups is 1. The predicted molar refractivity (Wildman–Crippen MR) is 132 cm³/mol. The molecule has 1 amide bonds. The zero-order chi connectivity index (χ0) is 27.5. The summed E-state index contributed by atoms with van der Waals surface area (Å²) in [6.45, 7) is 1.67. The summed E-state index contributed by atoms with van der Waals surface area (Å²) in [5, 5.41) is 1.48. The van der Waals surface area contributed by atoms with Crippen molar-refractivity contribution in [1.29, 1.82) is 0 Å². The van der Waals surface area contributed by atoms with E-state index in [0.717, 1.165) is 23.3 Å². The van der Waals surface area contributed by atoms with Crippen LogP contribution in [-0.2, 0) is 33.9 Å². The third kappa shape index (κ3) is 6.85. The molecule has 2 aromatic carbocycles. The average Bonchev–Trinajstić information content (AvgIpc) is 2.83. The molecule has 3 rings (SSSR count). The maximum atomic E-state index is 13.7. The molecule has 37 heavy (non-hydrogen) atoms. The Morgan fingerprint density at radius 1 is 1.05 bits per heavy atom. The molecular formula is C25H26F3N3O5S. The number of aromatic amines is 1. The second-order valence-corrected chi connectivity index (χ2v) is 10.5. The van der Waals surface area contributed by atoms with Crippen LogP contribution in [-0.4, -0.2) is 44.8 Å². The fourth-order valence-electron chi connectivity index (χ4n) is 3.59. The van der Waals surface area contributed by atoms with Crippen LogP contribution in [0.2, 0.25) is 0 Å². The molecule has 0 saturated carbocycles. The minimum atomic E-state index is -4.65.